The van der Waals surface area contributed by atoms with Crippen LogP contribution in [0.15, 0.2) is 47.4 Å². The molecular formula is C35H40FN9O2S. The second-order valence-electron chi connectivity index (χ2n) is 14.1. The van der Waals surface area contributed by atoms with Crippen molar-refractivity contribution in [2.75, 3.05) is 19.6 Å². The quantitative estimate of drug-likeness (QED) is 0.194. The van der Waals surface area contributed by atoms with E-state index < -0.39 is 11.4 Å². The van der Waals surface area contributed by atoms with Crippen LogP contribution in [0.3, 0.4) is 0 Å². The molecule has 48 heavy (non-hydrogen) atoms. The number of tetrazole rings is 1. The number of hydrogen-bond donors (Lipinski definition) is 3. The molecule has 0 bridgehead atoms. The standard InChI is InChI=1S/C35H40FN9O2S/c1-35(2,3)25-8-9-27-23(16-25)18-29-33(39-27)48-34(40-29)32(47)38-28(12-15-45-13-10-22(11-14-45)30-41-43-44-42-30)21-6-4-20(5-7-21)24-17-26(36)31(46)37-19-24/h4-7,17-19,22,25,28H,8-16H2,1-3H3,(H,37,46)(H,38,47)(H,41,42,43,44)/t25?,28-/m1/s1. The van der Waals surface area contributed by atoms with Crippen molar-refractivity contribution in [3.05, 3.63) is 86.4 Å². The van der Waals surface area contributed by atoms with Crippen LogP contribution in [0.2, 0.25) is 0 Å². The predicted octanol–water partition coefficient (Wildman–Crippen LogP) is 5.59. The van der Waals surface area contributed by atoms with Crippen LogP contribution in [-0.4, -0.2) is 66.0 Å². The van der Waals surface area contributed by atoms with E-state index in [-0.39, 0.29) is 17.4 Å². The Morgan fingerprint density at radius 2 is 1.90 bits per heavy atom. The average Bonchev–Trinajstić information content (AvgIpc) is 3.77. The molecular weight excluding hydrogens is 630 g/mol. The van der Waals surface area contributed by atoms with E-state index >= 15 is 0 Å². The maximum absolute atomic E-state index is 14.0. The molecule has 5 heterocycles. The van der Waals surface area contributed by atoms with Crippen molar-refractivity contribution in [1.82, 2.24) is 45.8 Å². The predicted molar refractivity (Wildman–Crippen MR) is 182 cm³/mol. The van der Waals surface area contributed by atoms with E-state index in [0.29, 0.717) is 28.8 Å². The highest BCUT2D eigenvalue weighted by atomic mass is 32.1. The molecule has 1 aromatic carbocycles. The third-order valence-electron chi connectivity index (χ3n) is 10.0. The molecule has 13 heteroatoms. The van der Waals surface area contributed by atoms with Gasteiger partial charge in [0.1, 0.15) is 10.3 Å². The van der Waals surface area contributed by atoms with Crippen molar-refractivity contribution in [2.24, 2.45) is 11.3 Å². The number of piperidine rings is 1. The molecule has 1 aliphatic carbocycles. The first-order valence-electron chi connectivity index (χ1n) is 16.6. The van der Waals surface area contributed by atoms with Crippen LogP contribution in [0.4, 0.5) is 4.39 Å². The van der Waals surface area contributed by atoms with Gasteiger partial charge in [-0.05, 0) is 91.8 Å². The van der Waals surface area contributed by atoms with Crippen molar-refractivity contribution < 1.29 is 9.18 Å². The normalized spacial score (nSPS) is 18.1. The molecule has 250 valence electrons. The Morgan fingerprint density at radius 3 is 2.60 bits per heavy atom. The molecule has 4 aromatic heterocycles. The van der Waals surface area contributed by atoms with Gasteiger partial charge in [0.25, 0.3) is 11.5 Å². The van der Waals surface area contributed by atoms with Crippen molar-refractivity contribution >= 4 is 27.6 Å². The summed E-state index contributed by atoms with van der Waals surface area (Å²) in [6, 6.07) is 10.8. The number of pyridine rings is 2. The van der Waals surface area contributed by atoms with E-state index in [2.05, 4.69) is 62.7 Å². The second-order valence-corrected chi connectivity index (χ2v) is 15.1. The minimum absolute atomic E-state index is 0.226. The SMILES string of the molecule is CC(C)(C)C1CCc2nc3sc(C(=O)N[C@H](CCN4CCC(c5nn[nH]n5)CC4)c4ccc(-c5c[nH]c(=O)c(F)c5)cc4)nc3cc2C1. The number of rotatable bonds is 8. The number of nitrogens with one attached hydrogen (secondary N) is 3. The number of carbonyl (C=O) groups is 1. The lowest BCUT2D eigenvalue weighted by Gasteiger charge is -2.34. The molecule has 11 nitrogen and oxygen atoms in total. The molecule has 5 aromatic rings. The molecule has 1 fully saturated rings. The number of H-pyrrole nitrogens is 2. The largest absolute Gasteiger partial charge is 0.343 e. The molecule has 0 radical (unpaired) electrons. The van der Waals surface area contributed by atoms with E-state index in [1.807, 2.05) is 24.3 Å². The molecule has 2 atom stereocenters. The summed E-state index contributed by atoms with van der Waals surface area (Å²) in [5, 5.41) is 18.3. The van der Waals surface area contributed by atoms with E-state index in [9.17, 15) is 14.0 Å². The highest BCUT2D eigenvalue weighted by Crippen LogP contribution is 2.38. The fraction of sp³-hybridized carbons (Fsp3) is 0.457. The monoisotopic (exact) mass is 669 g/mol. The number of likely N-dealkylation sites (tertiary alicyclic amines) is 1. The number of amides is 1. The maximum Gasteiger partial charge on any atom is 0.283 e. The van der Waals surface area contributed by atoms with Gasteiger partial charge in [-0.1, -0.05) is 61.6 Å². The summed E-state index contributed by atoms with van der Waals surface area (Å²) in [6.07, 6.45) is 7.13. The van der Waals surface area contributed by atoms with Crippen molar-refractivity contribution in [3.8, 4) is 11.1 Å². The van der Waals surface area contributed by atoms with E-state index in [1.165, 1.54) is 29.2 Å². The van der Waals surface area contributed by atoms with Crippen LogP contribution >= 0.6 is 11.3 Å². The van der Waals surface area contributed by atoms with Crippen molar-refractivity contribution in [2.45, 2.75) is 71.3 Å². The summed E-state index contributed by atoms with van der Waals surface area (Å²) in [4.78, 5) is 40.7. The van der Waals surface area contributed by atoms with Gasteiger partial charge in [0, 0.05) is 29.9 Å². The molecule has 1 saturated heterocycles. The average molecular weight is 670 g/mol. The molecule has 0 saturated carbocycles. The summed E-state index contributed by atoms with van der Waals surface area (Å²) in [7, 11) is 0. The van der Waals surface area contributed by atoms with Gasteiger partial charge >= 0.3 is 0 Å². The summed E-state index contributed by atoms with van der Waals surface area (Å²) in [5.74, 6) is 0.591. The van der Waals surface area contributed by atoms with E-state index in [4.69, 9.17) is 9.97 Å². The van der Waals surface area contributed by atoms with Gasteiger partial charge in [-0.25, -0.2) is 14.4 Å². The Bertz CT molecular complexity index is 1960. The molecule has 2 aliphatic rings. The van der Waals surface area contributed by atoms with Crippen LogP contribution in [0.1, 0.15) is 90.9 Å². The molecule has 1 aliphatic heterocycles. The summed E-state index contributed by atoms with van der Waals surface area (Å²) < 4.78 is 14.0. The van der Waals surface area contributed by atoms with Crippen LogP contribution in [-0.2, 0) is 12.8 Å². The number of benzene rings is 1. The van der Waals surface area contributed by atoms with Crippen molar-refractivity contribution in [1.29, 1.82) is 0 Å². The molecule has 3 N–H and O–H groups in total. The number of aromatic amines is 2. The first kappa shape index (κ1) is 32.2. The number of carbonyl (C=O) groups excluding carboxylic acids is 1. The highest BCUT2D eigenvalue weighted by Gasteiger charge is 2.30. The lowest BCUT2D eigenvalue weighted by atomic mass is 9.71. The number of fused-ring (bicyclic) bond motifs is 2. The van der Waals surface area contributed by atoms with Crippen LogP contribution in [0.25, 0.3) is 21.5 Å². The van der Waals surface area contributed by atoms with E-state index in [1.54, 1.807) is 0 Å². The van der Waals surface area contributed by atoms with Gasteiger partial charge in [0.15, 0.2) is 16.6 Å². The minimum atomic E-state index is -0.829. The van der Waals surface area contributed by atoms with Gasteiger partial charge in [0.05, 0.1) is 6.04 Å². The van der Waals surface area contributed by atoms with Gasteiger partial charge in [-0.15, -0.1) is 10.2 Å². The third-order valence-corrected chi connectivity index (χ3v) is 11.0. The smallest absolute Gasteiger partial charge is 0.283 e. The van der Waals surface area contributed by atoms with Gasteiger partial charge in [-0.2, -0.15) is 5.21 Å². The fourth-order valence-electron chi connectivity index (χ4n) is 6.99. The van der Waals surface area contributed by atoms with Crippen LogP contribution < -0.4 is 10.9 Å². The minimum Gasteiger partial charge on any atom is -0.343 e. The van der Waals surface area contributed by atoms with E-state index in [0.717, 1.165) is 84.7 Å². The highest BCUT2D eigenvalue weighted by molar-refractivity contribution is 7.19. The number of aryl methyl sites for hydroxylation is 1. The first-order valence-corrected chi connectivity index (χ1v) is 17.5. The Morgan fingerprint density at radius 1 is 1.10 bits per heavy atom. The van der Waals surface area contributed by atoms with Gasteiger partial charge in [0.2, 0.25) is 0 Å². The number of halogens is 1. The number of nitrogens with zero attached hydrogens (tertiary/aromatic N) is 6. The van der Waals surface area contributed by atoms with Gasteiger partial charge in [-0.3, -0.25) is 9.59 Å². The van der Waals surface area contributed by atoms with Crippen LogP contribution in [0, 0.1) is 17.2 Å². The molecule has 1 amide bonds. The topological polar surface area (TPSA) is 145 Å². The Hall–Kier alpha value is -4.36. The zero-order valence-corrected chi connectivity index (χ0v) is 28.2. The number of hydrogen-bond acceptors (Lipinski definition) is 9. The maximum atomic E-state index is 14.0. The van der Waals surface area contributed by atoms with Crippen LogP contribution in [0.5, 0.6) is 0 Å². The van der Waals surface area contributed by atoms with Gasteiger partial charge < -0.3 is 15.2 Å². The molecule has 0 spiro atoms. The lowest BCUT2D eigenvalue weighted by molar-refractivity contribution is 0.0929. The molecule has 1 unspecified atom stereocenters. The summed E-state index contributed by atoms with van der Waals surface area (Å²) in [6.45, 7) is 9.49. The summed E-state index contributed by atoms with van der Waals surface area (Å²) in [5.41, 5.74) is 4.89. The Balaban J connectivity index is 1.09. The Labute approximate surface area is 281 Å². The second kappa shape index (κ2) is 13.3. The zero-order chi connectivity index (χ0) is 33.4. The zero-order valence-electron chi connectivity index (χ0n) is 27.4. The first-order chi connectivity index (χ1) is 23.1. The molecule has 7 rings (SSSR count). The number of aromatic nitrogens is 7. The van der Waals surface area contributed by atoms with Crippen molar-refractivity contribution in [3.63, 3.8) is 0 Å². The third kappa shape index (κ3) is 6.93. The Kier molecular flexibility index (Phi) is 8.90. The number of thiazole rings is 1. The summed E-state index contributed by atoms with van der Waals surface area (Å²) >= 11 is 1.34. The fourth-order valence-corrected chi connectivity index (χ4v) is 7.83. The lowest BCUT2D eigenvalue weighted by Crippen LogP contribution is -2.37.